The zero-order valence-corrected chi connectivity index (χ0v) is 10.2. The van der Waals surface area contributed by atoms with Gasteiger partial charge in [-0.2, -0.15) is 0 Å². The fourth-order valence-corrected chi connectivity index (χ4v) is 2.20. The first kappa shape index (κ1) is 11.0. The number of anilines is 2. The molecular formula is C11H14N4S. The molecule has 0 radical (unpaired) electrons. The first-order valence-corrected chi connectivity index (χ1v) is 5.86. The highest BCUT2D eigenvalue weighted by atomic mass is 32.1. The predicted molar refractivity (Wildman–Crippen MR) is 67.0 cm³/mol. The Balaban J connectivity index is 2.36. The molecule has 5 heteroatoms. The van der Waals surface area contributed by atoms with Crippen molar-refractivity contribution in [2.24, 2.45) is 5.73 Å². The van der Waals surface area contributed by atoms with E-state index in [1.807, 2.05) is 43.1 Å². The molecule has 0 unspecified atom stereocenters. The third-order valence-electron chi connectivity index (χ3n) is 2.38. The van der Waals surface area contributed by atoms with E-state index in [9.17, 15) is 0 Å². The lowest BCUT2D eigenvalue weighted by molar-refractivity contribution is 0.999. The van der Waals surface area contributed by atoms with E-state index in [-0.39, 0.29) is 0 Å². The van der Waals surface area contributed by atoms with Crippen LogP contribution in [0.25, 0.3) is 0 Å². The highest BCUT2D eigenvalue weighted by Crippen LogP contribution is 2.28. The Kier molecular flexibility index (Phi) is 3.17. The number of nitrogens with two attached hydrogens (primary N) is 1. The van der Waals surface area contributed by atoms with Crippen molar-refractivity contribution in [2.45, 2.75) is 13.5 Å². The van der Waals surface area contributed by atoms with Gasteiger partial charge in [0.25, 0.3) is 0 Å². The molecule has 16 heavy (non-hydrogen) atoms. The van der Waals surface area contributed by atoms with Crippen LogP contribution >= 0.6 is 11.3 Å². The molecule has 1 aromatic heterocycles. The van der Waals surface area contributed by atoms with Gasteiger partial charge in [-0.3, -0.25) is 0 Å². The minimum atomic E-state index is 0.526. The lowest BCUT2D eigenvalue weighted by atomic mass is 10.1. The molecule has 1 aromatic carbocycles. The quantitative estimate of drug-likeness (QED) is 0.883. The van der Waals surface area contributed by atoms with Crippen molar-refractivity contribution in [3.05, 3.63) is 34.8 Å². The zero-order valence-electron chi connectivity index (χ0n) is 9.34. The highest BCUT2D eigenvalue weighted by molar-refractivity contribution is 7.15. The van der Waals surface area contributed by atoms with Gasteiger partial charge in [0.05, 0.1) is 0 Å². The molecule has 0 aliphatic carbocycles. The topological polar surface area (TPSA) is 55.0 Å². The molecule has 0 bridgehead atoms. The number of hydrogen-bond acceptors (Lipinski definition) is 5. The average molecular weight is 234 g/mol. The summed E-state index contributed by atoms with van der Waals surface area (Å²) in [6, 6.07) is 8.06. The van der Waals surface area contributed by atoms with Crippen LogP contribution in [0.15, 0.2) is 24.3 Å². The largest absolute Gasteiger partial charge is 0.326 e. The fourth-order valence-electron chi connectivity index (χ4n) is 1.54. The minimum Gasteiger partial charge on any atom is -0.326 e. The number of benzene rings is 1. The van der Waals surface area contributed by atoms with Gasteiger partial charge in [0.15, 0.2) is 0 Å². The Labute approximate surface area is 98.7 Å². The second kappa shape index (κ2) is 4.59. The normalized spacial score (nSPS) is 10.4. The Morgan fingerprint density at radius 1 is 1.31 bits per heavy atom. The van der Waals surface area contributed by atoms with Crippen LogP contribution in [0, 0.1) is 6.92 Å². The summed E-state index contributed by atoms with van der Waals surface area (Å²) in [6.07, 6.45) is 0. The summed E-state index contributed by atoms with van der Waals surface area (Å²) in [5.74, 6) is 0. The van der Waals surface area contributed by atoms with Gasteiger partial charge in [-0.05, 0) is 18.6 Å². The molecule has 0 aliphatic heterocycles. The van der Waals surface area contributed by atoms with E-state index in [1.165, 1.54) is 0 Å². The van der Waals surface area contributed by atoms with E-state index in [1.54, 1.807) is 11.3 Å². The predicted octanol–water partition coefficient (Wildman–Crippen LogP) is 2.07. The first-order chi connectivity index (χ1) is 7.72. The summed E-state index contributed by atoms with van der Waals surface area (Å²) in [4.78, 5) is 2.02. The van der Waals surface area contributed by atoms with E-state index in [0.717, 1.165) is 21.4 Å². The SMILES string of the molecule is Cc1nnc(N(C)c2ccccc2CN)s1. The summed E-state index contributed by atoms with van der Waals surface area (Å²) < 4.78 is 0. The van der Waals surface area contributed by atoms with E-state index in [2.05, 4.69) is 10.2 Å². The molecule has 0 atom stereocenters. The molecule has 2 aromatic rings. The molecule has 4 nitrogen and oxygen atoms in total. The summed E-state index contributed by atoms with van der Waals surface area (Å²) >= 11 is 1.57. The Morgan fingerprint density at radius 3 is 2.69 bits per heavy atom. The summed E-state index contributed by atoms with van der Waals surface area (Å²) in [6.45, 7) is 2.47. The maximum atomic E-state index is 5.71. The second-order valence-electron chi connectivity index (χ2n) is 3.50. The maximum Gasteiger partial charge on any atom is 0.212 e. The Bertz CT molecular complexity index is 480. The molecular weight excluding hydrogens is 220 g/mol. The maximum absolute atomic E-state index is 5.71. The third kappa shape index (κ3) is 2.05. The molecule has 84 valence electrons. The number of nitrogens with zero attached hydrogens (tertiary/aromatic N) is 3. The molecule has 0 fully saturated rings. The van der Waals surface area contributed by atoms with Gasteiger partial charge < -0.3 is 10.6 Å². The van der Waals surface area contributed by atoms with Crippen LogP contribution in [0.5, 0.6) is 0 Å². The van der Waals surface area contributed by atoms with Gasteiger partial charge in [0.2, 0.25) is 5.13 Å². The Hall–Kier alpha value is -1.46. The van der Waals surface area contributed by atoms with Gasteiger partial charge in [-0.25, -0.2) is 0 Å². The average Bonchev–Trinajstić information content (AvgIpc) is 2.75. The van der Waals surface area contributed by atoms with Gasteiger partial charge in [0.1, 0.15) is 5.01 Å². The number of hydrogen-bond donors (Lipinski definition) is 1. The Morgan fingerprint density at radius 2 is 2.06 bits per heavy atom. The monoisotopic (exact) mass is 234 g/mol. The van der Waals surface area contributed by atoms with E-state index >= 15 is 0 Å². The first-order valence-electron chi connectivity index (χ1n) is 5.04. The van der Waals surface area contributed by atoms with Crippen LogP contribution in [0.2, 0.25) is 0 Å². The lowest BCUT2D eigenvalue weighted by Crippen LogP contribution is -2.13. The lowest BCUT2D eigenvalue weighted by Gasteiger charge is -2.18. The summed E-state index contributed by atoms with van der Waals surface area (Å²) in [7, 11) is 1.98. The van der Waals surface area contributed by atoms with E-state index in [4.69, 9.17) is 5.73 Å². The summed E-state index contributed by atoms with van der Waals surface area (Å²) in [5.41, 5.74) is 7.91. The third-order valence-corrected chi connectivity index (χ3v) is 3.29. The molecule has 1 heterocycles. The van der Waals surface area contributed by atoms with Crippen LogP contribution < -0.4 is 10.6 Å². The van der Waals surface area contributed by atoms with Crippen molar-refractivity contribution in [3.63, 3.8) is 0 Å². The van der Waals surface area contributed by atoms with Gasteiger partial charge in [-0.15, -0.1) is 10.2 Å². The number of rotatable bonds is 3. The van der Waals surface area contributed by atoms with Gasteiger partial charge in [-0.1, -0.05) is 29.5 Å². The number of aryl methyl sites for hydroxylation is 1. The van der Waals surface area contributed by atoms with Crippen LogP contribution in [-0.4, -0.2) is 17.2 Å². The van der Waals surface area contributed by atoms with Crippen LogP contribution in [-0.2, 0) is 6.54 Å². The highest BCUT2D eigenvalue weighted by Gasteiger charge is 2.11. The number of aromatic nitrogens is 2. The van der Waals surface area contributed by atoms with Crippen molar-refractivity contribution >= 4 is 22.2 Å². The molecule has 0 saturated heterocycles. The smallest absolute Gasteiger partial charge is 0.212 e. The zero-order chi connectivity index (χ0) is 11.5. The molecule has 2 N–H and O–H groups in total. The van der Waals surface area contributed by atoms with Crippen LogP contribution in [0.1, 0.15) is 10.6 Å². The molecule has 0 aliphatic rings. The van der Waals surface area contributed by atoms with E-state index < -0.39 is 0 Å². The molecule has 0 saturated carbocycles. The molecule has 2 rings (SSSR count). The van der Waals surface area contributed by atoms with Crippen molar-refractivity contribution in [1.29, 1.82) is 0 Å². The van der Waals surface area contributed by atoms with Crippen molar-refractivity contribution < 1.29 is 0 Å². The fraction of sp³-hybridized carbons (Fsp3) is 0.273. The standard InChI is InChI=1S/C11H14N4S/c1-8-13-14-11(16-8)15(2)10-6-4-3-5-9(10)7-12/h3-6H,7,12H2,1-2H3. The van der Waals surface area contributed by atoms with Crippen molar-refractivity contribution in [1.82, 2.24) is 10.2 Å². The van der Waals surface area contributed by atoms with Crippen molar-refractivity contribution in [2.75, 3.05) is 11.9 Å². The van der Waals surface area contributed by atoms with E-state index in [0.29, 0.717) is 6.54 Å². The van der Waals surface area contributed by atoms with Crippen LogP contribution in [0.3, 0.4) is 0 Å². The number of para-hydroxylation sites is 1. The van der Waals surface area contributed by atoms with Gasteiger partial charge >= 0.3 is 0 Å². The van der Waals surface area contributed by atoms with Crippen molar-refractivity contribution in [3.8, 4) is 0 Å². The minimum absolute atomic E-state index is 0.526. The van der Waals surface area contributed by atoms with Crippen LogP contribution in [0.4, 0.5) is 10.8 Å². The summed E-state index contributed by atoms with van der Waals surface area (Å²) in [5, 5.41) is 9.99. The van der Waals surface area contributed by atoms with Gasteiger partial charge in [0, 0.05) is 19.3 Å². The molecule has 0 spiro atoms. The second-order valence-corrected chi connectivity index (χ2v) is 4.66. The molecule has 0 amide bonds.